The predicted octanol–water partition coefficient (Wildman–Crippen LogP) is 2.04. The smallest absolute Gasteiger partial charge is 0.274 e. The summed E-state index contributed by atoms with van der Waals surface area (Å²) >= 11 is 0. The van der Waals surface area contributed by atoms with E-state index in [1.165, 1.54) is 0 Å². The van der Waals surface area contributed by atoms with Crippen molar-refractivity contribution in [2.75, 3.05) is 13.1 Å². The van der Waals surface area contributed by atoms with Crippen LogP contribution in [0.4, 0.5) is 0 Å². The lowest BCUT2D eigenvalue weighted by molar-refractivity contribution is 0.0622. The summed E-state index contributed by atoms with van der Waals surface area (Å²) in [6.45, 7) is 5.89. The van der Waals surface area contributed by atoms with Crippen LogP contribution in [-0.4, -0.2) is 34.1 Å². The van der Waals surface area contributed by atoms with Gasteiger partial charge in [-0.15, -0.1) is 0 Å². The number of likely N-dealkylation sites (tertiary alicyclic amines) is 1. The van der Waals surface area contributed by atoms with Crippen molar-refractivity contribution < 1.29 is 4.79 Å². The molecule has 1 amide bonds. The van der Waals surface area contributed by atoms with Crippen LogP contribution in [0.1, 0.15) is 30.8 Å². The van der Waals surface area contributed by atoms with E-state index in [1.54, 1.807) is 18.2 Å². The molecule has 2 heterocycles. The van der Waals surface area contributed by atoms with Gasteiger partial charge in [-0.05, 0) is 24.3 Å². The van der Waals surface area contributed by atoms with Gasteiger partial charge >= 0.3 is 0 Å². The Morgan fingerprint density at radius 2 is 1.95 bits per heavy atom. The Morgan fingerprint density at radius 1 is 1.24 bits per heavy atom. The molecular formula is C16H19N3O2. The highest BCUT2D eigenvalue weighted by Crippen LogP contribution is 2.24. The van der Waals surface area contributed by atoms with Crippen molar-refractivity contribution in [2.45, 2.75) is 20.3 Å². The van der Waals surface area contributed by atoms with Crippen LogP contribution in [0, 0.1) is 11.8 Å². The first-order valence-electron chi connectivity index (χ1n) is 7.34. The number of amides is 1. The Kier molecular flexibility index (Phi) is 3.49. The summed E-state index contributed by atoms with van der Waals surface area (Å²) in [4.78, 5) is 26.3. The van der Waals surface area contributed by atoms with Gasteiger partial charge in [-0.2, -0.15) is 5.10 Å². The molecule has 1 fully saturated rings. The molecule has 0 radical (unpaired) electrons. The van der Waals surface area contributed by atoms with Crippen LogP contribution in [0.2, 0.25) is 0 Å². The molecule has 1 saturated heterocycles. The van der Waals surface area contributed by atoms with Crippen molar-refractivity contribution in [1.29, 1.82) is 0 Å². The molecule has 0 aliphatic carbocycles. The maximum Gasteiger partial charge on any atom is 0.274 e. The van der Waals surface area contributed by atoms with Crippen LogP contribution in [0.15, 0.2) is 29.1 Å². The SMILES string of the molecule is CC1CCN(C(=O)c2n[nH]c(=O)c3ccccc23)CC1C. The Bertz CT molecular complexity index is 738. The number of rotatable bonds is 1. The van der Waals surface area contributed by atoms with Gasteiger partial charge in [0.15, 0.2) is 5.69 Å². The Morgan fingerprint density at radius 3 is 2.67 bits per heavy atom. The number of aromatic amines is 1. The zero-order chi connectivity index (χ0) is 15.0. The first kappa shape index (κ1) is 13.8. The van der Waals surface area contributed by atoms with E-state index in [-0.39, 0.29) is 11.5 Å². The van der Waals surface area contributed by atoms with E-state index in [0.29, 0.717) is 28.3 Å². The third-order valence-corrected chi connectivity index (χ3v) is 4.52. The predicted molar refractivity (Wildman–Crippen MR) is 81.2 cm³/mol. The van der Waals surface area contributed by atoms with Gasteiger partial charge in [0, 0.05) is 18.5 Å². The zero-order valence-electron chi connectivity index (χ0n) is 12.3. The van der Waals surface area contributed by atoms with Crippen molar-refractivity contribution in [3.05, 3.63) is 40.3 Å². The second kappa shape index (κ2) is 5.31. The molecule has 1 aliphatic rings. The Balaban J connectivity index is 1.99. The number of H-pyrrole nitrogens is 1. The molecule has 1 aromatic heterocycles. The second-order valence-electron chi connectivity index (χ2n) is 5.94. The standard InChI is InChI=1S/C16H19N3O2/c1-10-7-8-19(9-11(10)2)16(21)14-12-5-3-4-6-13(12)15(20)18-17-14/h3-6,10-11H,7-9H2,1-2H3,(H,18,20). The van der Waals surface area contributed by atoms with Gasteiger partial charge in [0.2, 0.25) is 0 Å². The second-order valence-corrected chi connectivity index (χ2v) is 5.94. The average Bonchev–Trinajstić information content (AvgIpc) is 2.50. The van der Waals surface area contributed by atoms with E-state index >= 15 is 0 Å². The summed E-state index contributed by atoms with van der Waals surface area (Å²) in [7, 11) is 0. The third kappa shape index (κ3) is 2.44. The molecule has 110 valence electrons. The minimum absolute atomic E-state index is 0.0961. The number of piperidine rings is 1. The molecular weight excluding hydrogens is 266 g/mol. The lowest BCUT2D eigenvalue weighted by Crippen LogP contribution is -2.42. The molecule has 5 heteroatoms. The van der Waals surface area contributed by atoms with Crippen LogP contribution in [0.25, 0.3) is 10.8 Å². The Hall–Kier alpha value is -2.17. The maximum absolute atomic E-state index is 12.7. The summed E-state index contributed by atoms with van der Waals surface area (Å²) in [6, 6.07) is 7.10. The molecule has 1 aliphatic heterocycles. The summed E-state index contributed by atoms with van der Waals surface area (Å²) in [5, 5.41) is 7.56. The van der Waals surface area contributed by atoms with Crippen LogP contribution in [-0.2, 0) is 0 Å². The lowest BCUT2D eigenvalue weighted by atomic mass is 9.88. The number of nitrogens with one attached hydrogen (secondary N) is 1. The largest absolute Gasteiger partial charge is 0.337 e. The van der Waals surface area contributed by atoms with Crippen molar-refractivity contribution >= 4 is 16.7 Å². The van der Waals surface area contributed by atoms with Gasteiger partial charge in [0.25, 0.3) is 11.5 Å². The van der Waals surface area contributed by atoms with Gasteiger partial charge < -0.3 is 4.90 Å². The fraction of sp³-hybridized carbons (Fsp3) is 0.438. The molecule has 5 nitrogen and oxygen atoms in total. The highest BCUT2D eigenvalue weighted by molar-refractivity contribution is 6.04. The molecule has 0 saturated carbocycles. The molecule has 2 unspecified atom stereocenters. The zero-order valence-corrected chi connectivity index (χ0v) is 12.3. The fourth-order valence-corrected chi connectivity index (χ4v) is 2.87. The molecule has 21 heavy (non-hydrogen) atoms. The van der Waals surface area contributed by atoms with Crippen molar-refractivity contribution in [3.8, 4) is 0 Å². The van der Waals surface area contributed by atoms with E-state index in [4.69, 9.17) is 0 Å². The molecule has 0 spiro atoms. The number of carbonyl (C=O) groups is 1. The topological polar surface area (TPSA) is 66.1 Å². The van der Waals surface area contributed by atoms with Gasteiger partial charge in [-0.1, -0.05) is 32.0 Å². The van der Waals surface area contributed by atoms with E-state index in [1.807, 2.05) is 11.0 Å². The summed E-state index contributed by atoms with van der Waals surface area (Å²) in [6.07, 6.45) is 1.01. The number of carbonyl (C=O) groups excluding carboxylic acids is 1. The summed E-state index contributed by atoms with van der Waals surface area (Å²) in [5.74, 6) is 1.02. The number of hydrogen-bond acceptors (Lipinski definition) is 3. The number of benzene rings is 1. The van der Waals surface area contributed by atoms with Crippen LogP contribution < -0.4 is 5.56 Å². The number of hydrogen-bond donors (Lipinski definition) is 1. The van der Waals surface area contributed by atoms with Crippen LogP contribution in [0.3, 0.4) is 0 Å². The third-order valence-electron chi connectivity index (χ3n) is 4.52. The van der Waals surface area contributed by atoms with Gasteiger partial charge in [-0.25, -0.2) is 5.10 Å². The van der Waals surface area contributed by atoms with E-state index in [2.05, 4.69) is 24.0 Å². The highest BCUT2D eigenvalue weighted by atomic mass is 16.2. The molecule has 1 aromatic carbocycles. The van der Waals surface area contributed by atoms with Crippen molar-refractivity contribution in [3.63, 3.8) is 0 Å². The average molecular weight is 285 g/mol. The molecule has 1 N–H and O–H groups in total. The number of aromatic nitrogens is 2. The summed E-state index contributed by atoms with van der Waals surface area (Å²) < 4.78 is 0. The normalized spacial score (nSPS) is 22.5. The minimum atomic E-state index is -0.261. The summed E-state index contributed by atoms with van der Waals surface area (Å²) in [5.41, 5.74) is 0.0785. The lowest BCUT2D eigenvalue weighted by Gasteiger charge is -2.35. The first-order valence-corrected chi connectivity index (χ1v) is 7.34. The maximum atomic E-state index is 12.7. The van der Waals surface area contributed by atoms with Gasteiger partial charge in [-0.3, -0.25) is 9.59 Å². The fourth-order valence-electron chi connectivity index (χ4n) is 2.87. The molecule has 2 atom stereocenters. The molecule has 0 bridgehead atoms. The van der Waals surface area contributed by atoms with E-state index in [9.17, 15) is 9.59 Å². The molecule has 2 aromatic rings. The van der Waals surface area contributed by atoms with Gasteiger partial charge in [0.1, 0.15) is 0 Å². The quantitative estimate of drug-likeness (QED) is 0.872. The van der Waals surface area contributed by atoms with E-state index < -0.39 is 0 Å². The Labute approximate surface area is 123 Å². The monoisotopic (exact) mass is 285 g/mol. The number of fused-ring (bicyclic) bond motifs is 1. The van der Waals surface area contributed by atoms with Crippen LogP contribution >= 0.6 is 0 Å². The number of nitrogens with zero attached hydrogens (tertiary/aromatic N) is 2. The van der Waals surface area contributed by atoms with Crippen molar-refractivity contribution in [1.82, 2.24) is 15.1 Å². The minimum Gasteiger partial charge on any atom is -0.337 e. The highest BCUT2D eigenvalue weighted by Gasteiger charge is 2.28. The van der Waals surface area contributed by atoms with Crippen molar-refractivity contribution in [2.24, 2.45) is 11.8 Å². The first-order chi connectivity index (χ1) is 10.1. The van der Waals surface area contributed by atoms with E-state index in [0.717, 1.165) is 19.5 Å². The van der Waals surface area contributed by atoms with Gasteiger partial charge in [0.05, 0.1) is 5.39 Å². The molecule has 3 rings (SSSR count). The van der Waals surface area contributed by atoms with Crippen LogP contribution in [0.5, 0.6) is 0 Å².